The number of nitrogens with zero attached hydrogens (tertiary/aromatic N) is 1. The average molecular weight is 329 g/mol. The Hall–Kier alpha value is -0.760. The number of amides is 1. The molecule has 1 aromatic rings. The van der Waals surface area contributed by atoms with Crippen LogP contribution >= 0.6 is 27.7 Å². The van der Waals surface area contributed by atoms with Gasteiger partial charge in [-0.1, -0.05) is 0 Å². The Morgan fingerprint density at radius 2 is 2.24 bits per heavy atom. The van der Waals surface area contributed by atoms with E-state index in [0.717, 1.165) is 0 Å². The Bertz CT molecular complexity index is 400. The normalized spacial score (nSPS) is 11.3. The highest BCUT2D eigenvalue weighted by molar-refractivity contribution is 9.10. The van der Waals surface area contributed by atoms with Gasteiger partial charge in [0, 0.05) is 18.5 Å². The van der Waals surface area contributed by atoms with Gasteiger partial charge in [0.05, 0.1) is 5.56 Å². The summed E-state index contributed by atoms with van der Waals surface area (Å²) in [6.07, 6.45) is 1.50. The lowest BCUT2D eigenvalue weighted by Gasteiger charge is -2.07. The molecule has 0 fully saturated rings. The minimum absolute atomic E-state index is 0.0512. The van der Waals surface area contributed by atoms with Crippen molar-refractivity contribution in [1.29, 1.82) is 0 Å². The lowest BCUT2D eigenvalue weighted by molar-refractivity contribution is -0.0327. The predicted molar refractivity (Wildman–Crippen MR) is 62.8 cm³/mol. The Kier molecular flexibility index (Phi) is 5.26. The SMILES string of the molecule is O=C(NCCSC(F)(F)F)c1cccnc1Br. The highest BCUT2D eigenvalue weighted by atomic mass is 79.9. The molecule has 1 rings (SSSR count). The zero-order chi connectivity index (χ0) is 12.9. The summed E-state index contributed by atoms with van der Waals surface area (Å²) in [6, 6.07) is 3.10. The van der Waals surface area contributed by atoms with E-state index < -0.39 is 11.4 Å². The molecule has 0 aliphatic heterocycles. The minimum Gasteiger partial charge on any atom is -0.351 e. The number of thioether (sulfide) groups is 1. The van der Waals surface area contributed by atoms with Crippen LogP contribution in [0.2, 0.25) is 0 Å². The van der Waals surface area contributed by atoms with Crippen LogP contribution in [0.25, 0.3) is 0 Å². The zero-order valence-corrected chi connectivity index (χ0v) is 10.8. The second-order valence-corrected chi connectivity index (χ2v) is 4.80. The minimum atomic E-state index is -4.26. The van der Waals surface area contributed by atoms with Crippen molar-refractivity contribution >= 4 is 33.6 Å². The van der Waals surface area contributed by atoms with E-state index in [1.165, 1.54) is 12.3 Å². The first-order valence-electron chi connectivity index (χ1n) is 4.49. The van der Waals surface area contributed by atoms with Crippen LogP contribution in [0.15, 0.2) is 22.9 Å². The molecule has 0 spiro atoms. The number of pyridine rings is 1. The number of carbonyl (C=O) groups excluding carboxylic acids is 1. The lowest BCUT2D eigenvalue weighted by atomic mass is 10.3. The molecule has 1 heterocycles. The van der Waals surface area contributed by atoms with E-state index in [4.69, 9.17) is 0 Å². The average Bonchev–Trinajstić information content (AvgIpc) is 2.23. The van der Waals surface area contributed by atoms with Crippen LogP contribution < -0.4 is 5.32 Å². The van der Waals surface area contributed by atoms with Gasteiger partial charge in [0.1, 0.15) is 4.60 Å². The molecule has 1 aromatic heterocycles. The summed E-state index contributed by atoms with van der Waals surface area (Å²) in [4.78, 5) is 15.4. The van der Waals surface area contributed by atoms with Crippen LogP contribution in [-0.2, 0) is 0 Å². The second kappa shape index (κ2) is 6.25. The standard InChI is InChI=1S/C9H8BrF3N2OS/c10-7-6(2-1-3-14-7)8(16)15-4-5-17-9(11,12)13/h1-3H,4-5H2,(H,15,16). The van der Waals surface area contributed by atoms with Gasteiger partial charge in [-0.2, -0.15) is 13.2 Å². The summed E-state index contributed by atoms with van der Waals surface area (Å²) in [7, 11) is 0. The molecule has 0 saturated carbocycles. The van der Waals surface area contributed by atoms with Gasteiger partial charge in [0.15, 0.2) is 0 Å². The fourth-order valence-electron chi connectivity index (χ4n) is 0.982. The Balaban J connectivity index is 2.39. The number of hydrogen-bond acceptors (Lipinski definition) is 3. The number of halogens is 4. The van der Waals surface area contributed by atoms with E-state index in [1.807, 2.05) is 0 Å². The number of aromatic nitrogens is 1. The van der Waals surface area contributed by atoms with Crippen LogP contribution in [0.5, 0.6) is 0 Å². The fraction of sp³-hybridized carbons (Fsp3) is 0.333. The number of nitrogens with one attached hydrogen (secondary N) is 1. The number of alkyl halides is 3. The molecule has 0 aliphatic rings. The van der Waals surface area contributed by atoms with Crippen molar-refractivity contribution in [1.82, 2.24) is 10.3 Å². The molecule has 94 valence electrons. The molecule has 0 saturated heterocycles. The zero-order valence-electron chi connectivity index (χ0n) is 8.42. The van der Waals surface area contributed by atoms with Crippen molar-refractivity contribution in [3.8, 4) is 0 Å². The molecule has 1 N–H and O–H groups in total. The Morgan fingerprint density at radius 1 is 1.53 bits per heavy atom. The van der Waals surface area contributed by atoms with E-state index in [-0.39, 0.29) is 24.1 Å². The number of hydrogen-bond donors (Lipinski definition) is 1. The van der Waals surface area contributed by atoms with Crippen molar-refractivity contribution in [3.05, 3.63) is 28.5 Å². The number of carbonyl (C=O) groups is 1. The van der Waals surface area contributed by atoms with Gasteiger partial charge < -0.3 is 5.32 Å². The molecular weight excluding hydrogens is 321 g/mol. The van der Waals surface area contributed by atoms with E-state index in [9.17, 15) is 18.0 Å². The van der Waals surface area contributed by atoms with Crippen LogP contribution in [-0.4, -0.2) is 28.7 Å². The fourth-order valence-corrected chi connectivity index (χ4v) is 1.85. The Labute approximate surface area is 108 Å². The van der Waals surface area contributed by atoms with Crippen LogP contribution in [0, 0.1) is 0 Å². The molecular formula is C9H8BrF3N2OS. The maximum atomic E-state index is 11.8. The smallest absolute Gasteiger partial charge is 0.351 e. The van der Waals surface area contributed by atoms with Gasteiger partial charge in [-0.3, -0.25) is 4.79 Å². The molecule has 8 heteroatoms. The summed E-state index contributed by atoms with van der Waals surface area (Å²) in [5.74, 6) is -0.666. The van der Waals surface area contributed by atoms with Crippen molar-refractivity contribution in [2.75, 3.05) is 12.3 Å². The van der Waals surface area contributed by atoms with E-state index in [2.05, 4.69) is 26.2 Å². The van der Waals surface area contributed by atoms with Gasteiger partial charge in [-0.25, -0.2) is 4.98 Å². The van der Waals surface area contributed by atoms with Crippen molar-refractivity contribution in [2.45, 2.75) is 5.51 Å². The van der Waals surface area contributed by atoms with Crippen LogP contribution in [0.4, 0.5) is 13.2 Å². The van der Waals surface area contributed by atoms with Crippen molar-refractivity contribution in [3.63, 3.8) is 0 Å². The summed E-state index contributed by atoms with van der Waals surface area (Å²) in [5, 5.41) is 2.38. The first kappa shape index (κ1) is 14.3. The van der Waals surface area contributed by atoms with Gasteiger partial charge in [0.25, 0.3) is 5.91 Å². The van der Waals surface area contributed by atoms with Gasteiger partial charge >= 0.3 is 5.51 Å². The maximum Gasteiger partial charge on any atom is 0.441 e. The quantitative estimate of drug-likeness (QED) is 0.682. The van der Waals surface area contributed by atoms with Crippen LogP contribution in [0.3, 0.4) is 0 Å². The Morgan fingerprint density at radius 3 is 2.82 bits per heavy atom. The molecule has 0 radical (unpaired) electrons. The van der Waals surface area contributed by atoms with Crippen molar-refractivity contribution < 1.29 is 18.0 Å². The molecule has 0 atom stereocenters. The molecule has 0 aliphatic carbocycles. The summed E-state index contributed by atoms with van der Waals surface area (Å²) in [5.41, 5.74) is -3.97. The topological polar surface area (TPSA) is 42.0 Å². The molecule has 17 heavy (non-hydrogen) atoms. The summed E-state index contributed by atoms with van der Waals surface area (Å²) in [6.45, 7) is -0.0512. The second-order valence-electron chi connectivity index (χ2n) is 2.89. The summed E-state index contributed by atoms with van der Waals surface area (Å²) >= 11 is 2.91. The molecule has 0 aromatic carbocycles. The lowest BCUT2D eigenvalue weighted by Crippen LogP contribution is -2.27. The molecule has 0 unspecified atom stereocenters. The molecule has 1 amide bonds. The highest BCUT2D eigenvalue weighted by Gasteiger charge is 2.27. The van der Waals surface area contributed by atoms with Crippen LogP contribution in [0.1, 0.15) is 10.4 Å². The third kappa shape index (κ3) is 5.40. The monoisotopic (exact) mass is 328 g/mol. The summed E-state index contributed by atoms with van der Waals surface area (Å²) < 4.78 is 35.8. The largest absolute Gasteiger partial charge is 0.441 e. The highest BCUT2D eigenvalue weighted by Crippen LogP contribution is 2.29. The third-order valence-electron chi connectivity index (χ3n) is 1.66. The molecule has 3 nitrogen and oxygen atoms in total. The van der Waals surface area contributed by atoms with Gasteiger partial charge in [0.2, 0.25) is 0 Å². The first-order valence-corrected chi connectivity index (χ1v) is 6.27. The van der Waals surface area contributed by atoms with E-state index >= 15 is 0 Å². The molecule has 0 bridgehead atoms. The third-order valence-corrected chi connectivity index (χ3v) is 3.02. The van der Waals surface area contributed by atoms with Gasteiger partial charge in [-0.05, 0) is 39.8 Å². The first-order chi connectivity index (χ1) is 7.90. The van der Waals surface area contributed by atoms with Crippen molar-refractivity contribution in [2.24, 2.45) is 0 Å². The van der Waals surface area contributed by atoms with E-state index in [1.54, 1.807) is 6.07 Å². The maximum absolute atomic E-state index is 11.8. The van der Waals surface area contributed by atoms with Gasteiger partial charge in [-0.15, -0.1) is 0 Å². The predicted octanol–water partition coefficient (Wildman–Crippen LogP) is 2.83. The number of rotatable bonds is 4. The van der Waals surface area contributed by atoms with E-state index in [0.29, 0.717) is 10.2 Å².